The number of ether oxygens (including phenoxy) is 1. The summed E-state index contributed by atoms with van der Waals surface area (Å²) in [6.45, 7) is 7.08. The second-order valence-electron chi connectivity index (χ2n) is 6.00. The highest BCUT2D eigenvalue weighted by atomic mass is 16.5. The molecule has 0 saturated carbocycles. The van der Waals surface area contributed by atoms with Crippen LogP contribution in [0.5, 0.6) is 0 Å². The molecule has 17 heavy (non-hydrogen) atoms. The standard InChI is InChI=1S/C14H26N2O/c1-2-13-8-12(5-7-17-13)16-9-11-4-3-6-15-14(11)10-16/h11-15H,2-10H2,1H3. The number of hydrogen-bond acceptors (Lipinski definition) is 3. The molecule has 3 heteroatoms. The third-order valence-corrected chi connectivity index (χ3v) is 4.94. The maximum atomic E-state index is 5.79. The van der Waals surface area contributed by atoms with E-state index in [2.05, 4.69) is 17.1 Å². The molecule has 3 heterocycles. The van der Waals surface area contributed by atoms with Crippen LogP contribution in [0.1, 0.15) is 39.0 Å². The third kappa shape index (κ3) is 2.51. The fourth-order valence-corrected chi connectivity index (χ4v) is 3.85. The first-order valence-electron chi connectivity index (χ1n) is 7.46. The summed E-state index contributed by atoms with van der Waals surface area (Å²) in [6.07, 6.45) is 7.01. The number of rotatable bonds is 2. The number of likely N-dealkylation sites (tertiary alicyclic amines) is 1. The predicted molar refractivity (Wildman–Crippen MR) is 69.1 cm³/mol. The van der Waals surface area contributed by atoms with E-state index in [1.807, 2.05) is 0 Å². The van der Waals surface area contributed by atoms with Crippen LogP contribution in [0.15, 0.2) is 0 Å². The molecule has 0 amide bonds. The van der Waals surface area contributed by atoms with Crippen molar-refractivity contribution < 1.29 is 4.74 Å². The van der Waals surface area contributed by atoms with Crippen molar-refractivity contribution in [3.63, 3.8) is 0 Å². The van der Waals surface area contributed by atoms with Crippen LogP contribution in [0.25, 0.3) is 0 Å². The first kappa shape index (κ1) is 11.9. The van der Waals surface area contributed by atoms with Crippen LogP contribution in [0, 0.1) is 5.92 Å². The van der Waals surface area contributed by atoms with Gasteiger partial charge in [0.1, 0.15) is 0 Å². The minimum absolute atomic E-state index is 0.518. The van der Waals surface area contributed by atoms with Crippen LogP contribution in [0.3, 0.4) is 0 Å². The monoisotopic (exact) mass is 238 g/mol. The average Bonchev–Trinajstić information content (AvgIpc) is 2.82. The summed E-state index contributed by atoms with van der Waals surface area (Å²) in [5.41, 5.74) is 0. The highest BCUT2D eigenvalue weighted by molar-refractivity contribution is 4.95. The molecule has 4 atom stereocenters. The molecule has 3 rings (SSSR count). The van der Waals surface area contributed by atoms with E-state index in [9.17, 15) is 0 Å². The minimum atomic E-state index is 0.518. The Bertz CT molecular complexity index is 245. The van der Waals surface area contributed by atoms with Gasteiger partial charge in [-0.25, -0.2) is 0 Å². The largest absolute Gasteiger partial charge is 0.378 e. The molecule has 98 valence electrons. The highest BCUT2D eigenvalue weighted by Crippen LogP contribution is 2.30. The molecule has 3 nitrogen and oxygen atoms in total. The lowest BCUT2D eigenvalue weighted by Crippen LogP contribution is -2.43. The summed E-state index contributed by atoms with van der Waals surface area (Å²) in [6, 6.07) is 1.58. The first-order chi connectivity index (χ1) is 8.36. The summed E-state index contributed by atoms with van der Waals surface area (Å²) in [4.78, 5) is 2.75. The van der Waals surface area contributed by atoms with Crippen molar-refractivity contribution in [3.8, 4) is 0 Å². The van der Waals surface area contributed by atoms with Crippen molar-refractivity contribution in [2.75, 3.05) is 26.2 Å². The van der Waals surface area contributed by atoms with Crippen LogP contribution in [-0.2, 0) is 4.74 Å². The second-order valence-corrected chi connectivity index (χ2v) is 6.00. The van der Waals surface area contributed by atoms with E-state index in [1.54, 1.807) is 0 Å². The van der Waals surface area contributed by atoms with Gasteiger partial charge in [-0.05, 0) is 44.6 Å². The summed E-state index contributed by atoms with van der Waals surface area (Å²) in [5, 5.41) is 3.70. The van der Waals surface area contributed by atoms with Gasteiger partial charge in [0.05, 0.1) is 6.10 Å². The van der Waals surface area contributed by atoms with Gasteiger partial charge in [0, 0.05) is 31.8 Å². The Kier molecular flexibility index (Phi) is 3.69. The zero-order valence-corrected chi connectivity index (χ0v) is 11.0. The number of nitrogens with one attached hydrogen (secondary N) is 1. The molecule has 0 bridgehead atoms. The van der Waals surface area contributed by atoms with E-state index in [-0.39, 0.29) is 0 Å². The maximum absolute atomic E-state index is 5.79. The van der Waals surface area contributed by atoms with Gasteiger partial charge in [0.2, 0.25) is 0 Å². The molecule has 3 aliphatic heterocycles. The molecule has 0 spiro atoms. The molecule has 0 aliphatic carbocycles. The van der Waals surface area contributed by atoms with Crippen LogP contribution >= 0.6 is 0 Å². The number of piperidine rings is 1. The van der Waals surface area contributed by atoms with Crippen molar-refractivity contribution in [2.24, 2.45) is 5.92 Å². The summed E-state index contributed by atoms with van der Waals surface area (Å²) in [5.74, 6) is 0.923. The van der Waals surface area contributed by atoms with Crippen LogP contribution in [0.2, 0.25) is 0 Å². The molecule has 3 fully saturated rings. The van der Waals surface area contributed by atoms with Crippen molar-refractivity contribution >= 4 is 0 Å². The SMILES string of the molecule is CCC1CC(N2CC3CCCNC3C2)CCO1. The van der Waals surface area contributed by atoms with E-state index < -0.39 is 0 Å². The Morgan fingerprint density at radius 1 is 1.29 bits per heavy atom. The van der Waals surface area contributed by atoms with Gasteiger partial charge in [-0.3, -0.25) is 4.90 Å². The van der Waals surface area contributed by atoms with E-state index in [0.29, 0.717) is 6.10 Å². The average molecular weight is 238 g/mol. The summed E-state index contributed by atoms with van der Waals surface area (Å²) < 4.78 is 5.79. The lowest BCUT2D eigenvalue weighted by atomic mass is 9.94. The zero-order valence-electron chi connectivity index (χ0n) is 11.0. The Labute approximate surface area is 105 Å². The lowest BCUT2D eigenvalue weighted by molar-refractivity contribution is -0.0244. The molecular formula is C14H26N2O. The van der Waals surface area contributed by atoms with Crippen molar-refractivity contribution in [3.05, 3.63) is 0 Å². The Morgan fingerprint density at radius 3 is 3.06 bits per heavy atom. The van der Waals surface area contributed by atoms with Gasteiger partial charge >= 0.3 is 0 Å². The molecule has 3 aliphatic rings. The van der Waals surface area contributed by atoms with Crippen molar-refractivity contribution in [2.45, 2.75) is 57.2 Å². The number of nitrogens with zero attached hydrogens (tertiary/aromatic N) is 1. The van der Waals surface area contributed by atoms with Crippen LogP contribution in [0.4, 0.5) is 0 Å². The Hall–Kier alpha value is -0.120. The van der Waals surface area contributed by atoms with E-state index in [1.165, 1.54) is 51.7 Å². The minimum Gasteiger partial charge on any atom is -0.378 e. The highest BCUT2D eigenvalue weighted by Gasteiger charge is 2.38. The number of fused-ring (bicyclic) bond motifs is 1. The van der Waals surface area contributed by atoms with E-state index in [0.717, 1.165) is 24.6 Å². The fraction of sp³-hybridized carbons (Fsp3) is 1.00. The normalized spacial score (nSPS) is 43.6. The van der Waals surface area contributed by atoms with Crippen molar-refractivity contribution in [1.82, 2.24) is 10.2 Å². The van der Waals surface area contributed by atoms with Crippen molar-refractivity contribution in [1.29, 1.82) is 0 Å². The van der Waals surface area contributed by atoms with E-state index >= 15 is 0 Å². The van der Waals surface area contributed by atoms with Gasteiger partial charge in [-0.2, -0.15) is 0 Å². The Morgan fingerprint density at radius 2 is 2.24 bits per heavy atom. The first-order valence-corrected chi connectivity index (χ1v) is 7.46. The smallest absolute Gasteiger partial charge is 0.0587 e. The van der Waals surface area contributed by atoms with Crippen LogP contribution < -0.4 is 5.32 Å². The molecule has 0 aromatic heterocycles. The number of hydrogen-bond donors (Lipinski definition) is 1. The van der Waals surface area contributed by atoms with Gasteiger partial charge < -0.3 is 10.1 Å². The summed E-state index contributed by atoms with van der Waals surface area (Å²) in [7, 11) is 0. The molecule has 0 radical (unpaired) electrons. The topological polar surface area (TPSA) is 24.5 Å². The maximum Gasteiger partial charge on any atom is 0.0587 e. The van der Waals surface area contributed by atoms with Gasteiger partial charge in [0.15, 0.2) is 0 Å². The van der Waals surface area contributed by atoms with Gasteiger partial charge in [0.25, 0.3) is 0 Å². The fourth-order valence-electron chi connectivity index (χ4n) is 3.85. The summed E-state index contributed by atoms with van der Waals surface area (Å²) >= 11 is 0. The molecule has 0 aromatic rings. The van der Waals surface area contributed by atoms with Crippen LogP contribution in [-0.4, -0.2) is 49.3 Å². The Balaban J connectivity index is 1.57. The predicted octanol–water partition coefficient (Wildman–Crippen LogP) is 1.63. The second kappa shape index (κ2) is 5.25. The molecule has 4 unspecified atom stereocenters. The van der Waals surface area contributed by atoms with Gasteiger partial charge in [-0.1, -0.05) is 6.92 Å². The molecular weight excluding hydrogens is 212 g/mol. The third-order valence-electron chi connectivity index (χ3n) is 4.94. The molecule has 1 N–H and O–H groups in total. The molecule has 0 aromatic carbocycles. The van der Waals surface area contributed by atoms with E-state index in [4.69, 9.17) is 4.74 Å². The molecule has 3 saturated heterocycles. The lowest BCUT2D eigenvalue weighted by Gasteiger charge is -2.35. The van der Waals surface area contributed by atoms with Gasteiger partial charge in [-0.15, -0.1) is 0 Å². The zero-order chi connectivity index (χ0) is 11.7. The quantitative estimate of drug-likeness (QED) is 0.791.